The first-order valence-corrected chi connectivity index (χ1v) is 13.6. The minimum Gasteiger partial charge on any atom is -0.465 e. The number of esters is 1. The summed E-state index contributed by atoms with van der Waals surface area (Å²) in [5, 5.41) is 9.11. The van der Waals surface area contributed by atoms with E-state index < -0.39 is 0 Å². The van der Waals surface area contributed by atoms with Gasteiger partial charge in [-0.05, 0) is 36.4 Å². The predicted molar refractivity (Wildman–Crippen MR) is 152 cm³/mol. The molecule has 0 spiro atoms. The number of nitrogens with one attached hydrogen (secondary N) is 1. The normalized spacial score (nSPS) is 16.3. The van der Waals surface area contributed by atoms with Crippen molar-refractivity contribution in [2.45, 2.75) is 6.54 Å². The van der Waals surface area contributed by atoms with Gasteiger partial charge in [-0.25, -0.2) is 9.78 Å². The fourth-order valence-corrected chi connectivity index (χ4v) is 4.99. The average Bonchev–Trinajstić information content (AvgIpc) is 3.43. The number of morpholine rings is 2. The van der Waals surface area contributed by atoms with Crippen LogP contribution in [0.5, 0.6) is 0 Å². The number of rotatable bonds is 8. The number of methoxy groups -OCH3 is 1. The molecule has 0 amide bonds. The fraction of sp³-hybridized carbons (Fsp3) is 0.379. The summed E-state index contributed by atoms with van der Waals surface area (Å²) >= 11 is 0. The van der Waals surface area contributed by atoms with Crippen LogP contribution < -0.4 is 10.2 Å². The van der Waals surface area contributed by atoms with Crippen molar-refractivity contribution in [3.63, 3.8) is 0 Å². The summed E-state index contributed by atoms with van der Waals surface area (Å²) in [6.45, 7) is 8.04. The highest BCUT2D eigenvalue weighted by atomic mass is 16.5. The van der Waals surface area contributed by atoms with Gasteiger partial charge in [-0.2, -0.15) is 10.1 Å². The van der Waals surface area contributed by atoms with Crippen LogP contribution in [0.1, 0.15) is 10.4 Å². The highest BCUT2D eigenvalue weighted by molar-refractivity contribution is 5.90. The first-order chi connectivity index (χ1) is 19.7. The zero-order valence-corrected chi connectivity index (χ0v) is 22.6. The Kier molecular flexibility index (Phi) is 7.85. The van der Waals surface area contributed by atoms with E-state index in [1.165, 1.54) is 7.11 Å². The second-order valence-corrected chi connectivity index (χ2v) is 9.83. The van der Waals surface area contributed by atoms with Gasteiger partial charge in [0.15, 0.2) is 0 Å². The third-order valence-corrected chi connectivity index (χ3v) is 7.26. The molecule has 0 atom stereocenters. The zero-order valence-electron chi connectivity index (χ0n) is 22.6. The van der Waals surface area contributed by atoms with Crippen LogP contribution >= 0.6 is 0 Å². The summed E-state index contributed by atoms with van der Waals surface area (Å²) in [6, 6.07) is 15.4. The molecule has 0 unspecified atom stereocenters. The summed E-state index contributed by atoms with van der Waals surface area (Å²) in [5.41, 5.74) is 4.20. The van der Waals surface area contributed by atoms with Crippen molar-refractivity contribution in [2.75, 3.05) is 76.5 Å². The molecule has 2 fully saturated rings. The number of nitrogens with zero attached hydrogens (tertiary/aromatic N) is 6. The lowest BCUT2D eigenvalue weighted by Gasteiger charge is -2.27. The van der Waals surface area contributed by atoms with E-state index in [-0.39, 0.29) is 5.97 Å². The Bertz CT molecular complexity index is 1460. The van der Waals surface area contributed by atoms with Crippen LogP contribution in [0.4, 0.5) is 17.5 Å². The summed E-state index contributed by atoms with van der Waals surface area (Å²) in [7, 11) is 1.37. The van der Waals surface area contributed by atoms with E-state index >= 15 is 0 Å². The second kappa shape index (κ2) is 12.0. The van der Waals surface area contributed by atoms with Crippen LogP contribution in [-0.4, -0.2) is 96.9 Å². The van der Waals surface area contributed by atoms with Crippen molar-refractivity contribution in [1.82, 2.24) is 24.6 Å². The molecule has 0 saturated carbocycles. The van der Waals surface area contributed by atoms with Gasteiger partial charge in [0.05, 0.1) is 63.1 Å². The SMILES string of the molecule is COC(=O)c1ccc(Nc2cc(-c3ccc4c(cnn4CCN4CCOCC4)c3)nc(N3CCOCC3)n2)cc1. The Morgan fingerprint density at radius 1 is 0.925 bits per heavy atom. The number of carbonyl (C=O) groups excluding carboxylic acids is 1. The van der Waals surface area contributed by atoms with Crippen molar-refractivity contribution in [2.24, 2.45) is 0 Å². The van der Waals surface area contributed by atoms with E-state index in [0.717, 1.165) is 80.3 Å². The number of carbonyl (C=O) groups is 1. The number of aromatic nitrogens is 4. The van der Waals surface area contributed by atoms with Gasteiger partial charge in [0.1, 0.15) is 5.82 Å². The maximum Gasteiger partial charge on any atom is 0.337 e. The molecule has 11 nitrogen and oxygen atoms in total. The number of benzene rings is 2. The molecule has 2 saturated heterocycles. The molecular formula is C29H33N7O4. The van der Waals surface area contributed by atoms with Gasteiger partial charge in [-0.15, -0.1) is 0 Å². The molecule has 2 aromatic heterocycles. The molecule has 40 heavy (non-hydrogen) atoms. The zero-order chi connectivity index (χ0) is 27.3. The first kappa shape index (κ1) is 26.2. The molecule has 2 aliphatic heterocycles. The first-order valence-electron chi connectivity index (χ1n) is 13.6. The third kappa shape index (κ3) is 5.91. The Hall–Kier alpha value is -4.06. The molecule has 2 aromatic carbocycles. The lowest BCUT2D eigenvalue weighted by Crippen LogP contribution is -2.38. The van der Waals surface area contributed by atoms with Gasteiger partial charge in [0, 0.05) is 55.4 Å². The molecule has 11 heteroatoms. The minimum atomic E-state index is -0.370. The van der Waals surface area contributed by atoms with Crippen molar-refractivity contribution < 1.29 is 19.0 Å². The smallest absolute Gasteiger partial charge is 0.337 e. The number of ether oxygens (including phenoxy) is 3. The molecule has 1 N–H and O–H groups in total. The summed E-state index contributed by atoms with van der Waals surface area (Å²) in [4.78, 5) is 26.1. The minimum absolute atomic E-state index is 0.370. The van der Waals surface area contributed by atoms with E-state index in [1.54, 1.807) is 12.1 Å². The number of anilines is 3. The van der Waals surface area contributed by atoms with Crippen LogP contribution in [0.15, 0.2) is 54.7 Å². The Labute approximate surface area is 232 Å². The fourth-order valence-electron chi connectivity index (χ4n) is 4.99. The molecule has 2 aliphatic rings. The molecule has 208 valence electrons. The second-order valence-electron chi connectivity index (χ2n) is 9.83. The summed E-state index contributed by atoms with van der Waals surface area (Å²) in [6.07, 6.45) is 1.92. The van der Waals surface area contributed by atoms with Crippen LogP contribution in [0.2, 0.25) is 0 Å². The van der Waals surface area contributed by atoms with E-state index in [2.05, 4.69) is 43.1 Å². The lowest BCUT2D eigenvalue weighted by atomic mass is 10.1. The number of fused-ring (bicyclic) bond motifs is 1. The molecule has 0 bridgehead atoms. The molecule has 0 radical (unpaired) electrons. The van der Waals surface area contributed by atoms with E-state index in [1.807, 2.05) is 24.4 Å². The topological polar surface area (TPSA) is 107 Å². The van der Waals surface area contributed by atoms with Gasteiger partial charge in [-0.3, -0.25) is 9.58 Å². The monoisotopic (exact) mass is 543 g/mol. The molecular weight excluding hydrogens is 510 g/mol. The highest BCUT2D eigenvalue weighted by Crippen LogP contribution is 2.28. The number of hydrogen-bond acceptors (Lipinski definition) is 10. The van der Waals surface area contributed by atoms with Crippen molar-refractivity contribution in [3.05, 3.63) is 60.3 Å². The van der Waals surface area contributed by atoms with Gasteiger partial charge in [-0.1, -0.05) is 6.07 Å². The Morgan fingerprint density at radius 3 is 2.42 bits per heavy atom. The third-order valence-electron chi connectivity index (χ3n) is 7.26. The maximum absolute atomic E-state index is 11.8. The molecule has 6 rings (SSSR count). The van der Waals surface area contributed by atoms with Crippen LogP contribution in [0.3, 0.4) is 0 Å². The van der Waals surface area contributed by atoms with Crippen LogP contribution in [0, 0.1) is 0 Å². The molecule has 0 aliphatic carbocycles. The van der Waals surface area contributed by atoms with Gasteiger partial charge >= 0.3 is 5.97 Å². The maximum atomic E-state index is 11.8. The van der Waals surface area contributed by atoms with Crippen molar-refractivity contribution in [1.29, 1.82) is 0 Å². The van der Waals surface area contributed by atoms with Crippen LogP contribution in [0.25, 0.3) is 22.2 Å². The predicted octanol–water partition coefficient (Wildman–Crippen LogP) is 3.19. The van der Waals surface area contributed by atoms with Gasteiger partial charge in [0.2, 0.25) is 5.95 Å². The summed E-state index contributed by atoms with van der Waals surface area (Å²) < 4.78 is 17.9. The van der Waals surface area contributed by atoms with E-state index in [4.69, 9.17) is 24.2 Å². The van der Waals surface area contributed by atoms with Gasteiger partial charge < -0.3 is 24.4 Å². The van der Waals surface area contributed by atoms with Crippen molar-refractivity contribution in [3.8, 4) is 11.3 Å². The lowest BCUT2D eigenvalue weighted by molar-refractivity contribution is 0.0361. The van der Waals surface area contributed by atoms with E-state index in [0.29, 0.717) is 30.5 Å². The van der Waals surface area contributed by atoms with E-state index in [9.17, 15) is 4.79 Å². The van der Waals surface area contributed by atoms with Gasteiger partial charge in [0.25, 0.3) is 0 Å². The van der Waals surface area contributed by atoms with Crippen LogP contribution in [-0.2, 0) is 20.8 Å². The highest BCUT2D eigenvalue weighted by Gasteiger charge is 2.18. The Morgan fingerprint density at radius 2 is 1.68 bits per heavy atom. The average molecular weight is 544 g/mol. The number of hydrogen-bond donors (Lipinski definition) is 1. The van der Waals surface area contributed by atoms with Crippen molar-refractivity contribution >= 4 is 34.3 Å². The molecule has 4 heterocycles. The molecule has 4 aromatic rings. The summed E-state index contributed by atoms with van der Waals surface area (Å²) in [5.74, 6) is 0.944. The quantitative estimate of drug-likeness (QED) is 0.333. The standard InChI is InChI=1S/C29H33N7O4/c1-38-28(37)21-2-5-24(6-3-21)31-27-19-25(32-29(33-27)35-12-16-40-17-13-35)22-4-7-26-23(18-22)20-30-36(26)9-8-34-10-14-39-15-11-34/h2-7,18-20H,8-17H2,1H3,(H,31,32,33). The Balaban J connectivity index is 1.27. The largest absolute Gasteiger partial charge is 0.465 e.